The first-order valence-electron chi connectivity index (χ1n) is 13.6. The van der Waals surface area contributed by atoms with Crippen LogP contribution in [0.1, 0.15) is 28.3 Å². The van der Waals surface area contributed by atoms with Gasteiger partial charge in [0.1, 0.15) is 0 Å². The normalized spacial score (nSPS) is 11.3. The molecule has 7 heteroatoms. The Kier molecular flexibility index (Phi) is 9.68. The fraction of sp³-hybridized carbons (Fsp3) is 0.212. The first-order chi connectivity index (χ1) is 19.7. The van der Waals surface area contributed by atoms with E-state index in [1.807, 2.05) is 61.2 Å². The minimum Gasteiger partial charge on any atom is -0.326 e. The maximum Gasteiger partial charge on any atom is 0.0544 e. The highest BCUT2D eigenvalue weighted by molar-refractivity contribution is 5.62. The SMILES string of the molecule is NCc1ccc(-c2ccc(CN(CCN(Cc3ccccn3)Cc3ccccn3)Cc3ccccn3)nc2)cc1. The molecular formula is C33H35N7. The van der Waals surface area contributed by atoms with Crippen molar-refractivity contribution in [3.8, 4) is 11.1 Å². The van der Waals surface area contributed by atoms with Gasteiger partial charge in [-0.15, -0.1) is 0 Å². The zero-order valence-corrected chi connectivity index (χ0v) is 22.7. The average Bonchev–Trinajstić information content (AvgIpc) is 3.02. The van der Waals surface area contributed by atoms with Crippen molar-refractivity contribution in [2.75, 3.05) is 13.1 Å². The Morgan fingerprint density at radius 3 is 1.30 bits per heavy atom. The number of nitrogens with zero attached hydrogens (tertiary/aromatic N) is 6. The number of nitrogens with two attached hydrogens (primary N) is 1. The van der Waals surface area contributed by atoms with Crippen molar-refractivity contribution in [3.63, 3.8) is 0 Å². The molecule has 2 N–H and O–H groups in total. The van der Waals surface area contributed by atoms with Crippen LogP contribution >= 0.6 is 0 Å². The topological polar surface area (TPSA) is 84.1 Å². The summed E-state index contributed by atoms with van der Waals surface area (Å²) in [5, 5.41) is 0. The summed E-state index contributed by atoms with van der Waals surface area (Å²) < 4.78 is 0. The Balaban J connectivity index is 1.30. The number of hydrogen-bond acceptors (Lipinski definition) is 7. The van der Waals surface area contributed by atoms with Gasteiger partial charge in [-0.1, -0.05) is 48.5 Å². The van der Waals surface area contributed by atoms with Crippen LogP contribution in [0.3, 0.4) is 0 Å². The summed E-state index contributed by atoms with van der Waals surface area (Å²) in [5.41, 5.74) is 13.3. The lowest BCUT2D eigenvalue weighted by Crippen LogP contribution is -2.35. The number of benzene rings is 1. The van der Waals surface area contributed by atoms with Crippen LogP contribution in [-0.2, 0) is 32.7 Å². The van der Waals surface area contributed by atoms with E-state index in [9.17, 15) is 0 Å². The number of aromatic nitrogens is 4. The van der Waals surface area contributed by atoms with Crippen molar-refractivity contribution >= 4 is 0 Å². The number of rotatable bonds is 13. The summed E-state index contributed by atoms with van der Waals surface area (Å²) in [6.45, 7) is 5.22. The van der Waals surface area contributed by atoms with E-state index in [4.69, 9.17) is 10.7 Å². The molecule has 5 rings (SSSR count). The van der Waals surface area contributed by atoms with Gasteiger partial charge in [0.15, 0.2) is 0 Å². The third-order valence-corrected chi connectivity index (χ3v) is 6.80. The molecule has 4 heterocycles. The molecule has 0 aliphatic heterocycles. The second kappa shape index (κ2) is 14.2. The summed E-state index contributed by atoms with van der Waals surface area (Å²) in [4.78, 5) is 23.3. The van der Waals surface area contributed by atoms with Crippen LogP contribution in [0.15, 0.2) is 116 Å². The Morgan fingerprint density at radius 1 is 0.475 bits per heavy atom. The standard InChI is InChI=1S/C33H35N7/c34-21-27-10-12-28(13-11-27)29-14-15-33(38-22-29)26-40(25-32-9-3-6-18-37-32)20-19-39(23-30-7-1-4-16-35-30)24-31-8-2-5-17-36-31/h1-18,22H,19-21,23-26,34H2. The molecule has 4 aromatic heterocycles. The zero-order chi connectivity index (χ0) is 27.4. The smallest absolute Gasteiger partial charge is 0.0544 e. The first kappa shape index (κ1) is 27.3. The predicted octanol–water partition coefficient (Wildman–Crippen LogP) is 5.10. The molecule has 0 radical (unpaired) electrons. The lowest BCUT2D eigenvalue weighted by molar-refractivity contribution is 0.178. The molecular weight excluding hydrogens is 494 g/mol. The number of hydrogen-bond donors (Lipinski definition) is 1. The van der Waals surface area contributed by atoms with Crippen molar-refractivity contribution in [1.82, 2.24) is 29.7 Å². The molecule has 0 unspecified atom stereocenters. The van der Waals surface area contributed by atoms with Crippen molar-refractivity contribution in [2.24, 2.45) is 5.73 Å². The second-order valence-electron chi connectivity index (χ2n) is 9.82. The largest absolute Gasteiger partial charge is 0.326 e. The predicted molar refractivity (Wildman–Crippen MR) is 159 cm³/mol. The van der Waals surface area contributed by atoms with Gasteiger partial charge in [-0.2, -0.15) is 0 Å². The molecule has 0 aliphatic rings. The van der Waals surface area contributed by atoms with Gasteiger partial charge in [0.25, 0.3) is 0 Å². The Labute approximate surface area is 236 Å². The minimum absolute atomic E-state index is 0.546. The van der Waals surface area contributed by atoms with Gasteiger partial charge in [-0.05, 0) is 53.6 Å². The lowest BCUT2D eigenvalue weighted by Gasteiger charge is -2.27. The summed E-state index contributed by atoms with van der Waals surface area (Å²) in [6.07, 6.45) is 7.51. The highest BCUT2D eigenvalue weighted by atomic mass is 15.2. The Morgan fingerprint density at radius 2 is 0.925 bits per heavy atom. The monoisotopic (exact) mass is 529 g/mol. The second-order valence-corrected chi connectivity index (χ2v) is 9.82. The highest BCUT2D eigenvalue weighted by Gasteiger charge is 2.14. The van der Waals surface area contributed by atoms with Gasteiger partial charge in [-0.3, -0.25) is 29.7 Å². The third-order valence-electron chi connectivity index (χ3n) is 6.80. The quantitative estimate of drug-likeness (QED) is 0.227. The van der Waals surface area contributed by atoms with Gasteiger partial charge in [-0.25, -0.2) is 0 Å². The van der Waals surface area contributed by atoms with E-state index in [0.29, 0.717) is 6.54 Å². The molecule has 0 amide bonds. The average molecular weight is 530 g/mol. The van der Waals surface area contributed by atoms with E-state index in [1.165, 1.54) is 0 Å². The molecule has 0 aliphatic carbocycles. The first-order valence-corrected chi connectivity index (χ1v) is 13.6. The highest BCUT2D eigenvalue weighted by Crippen LogP contribution is 2.20. The molecule has 5 aromatic rings. The summed E-state index contributed by atoms with van der Waals surface area (Å²) >= 11 is 0. The molecule has 0 fully saturated rings. The van der Waals surface area contributed by atoms with Crippen LogP contribution in [0.2, 0.25) is 0 Å². The summed E-state index contributed by atoms with van der Waals surface area (Å²) in [6, 6.07) is 30.8. The molecule has 0 saturated carbocycles. The Hall–Kier alpha value is -4.30. The van der Waals surface area contributed by atoms with Crippen molar-refractivity contribution in [3.05, 3.63) is 144 Å². The summed E-state index contributed by atoms with van der Waals surface area (Å²) in [7, 11) is 0. The van der Waals surface area contributed by atoms with Crippen LogP contribution in [-0.4, -0.2) is 42.8 Å². The minimum atomic E-state index is 0.546. The maximum absolute atomic E-state index is 5.75. The van der Waals surface area contributed by atoms with E-state index in [0.717, 1.165) is 78.7 Å². The van der Waals surface area contributed by atoms with Gasteiger partial charge in [0, 0.05) is 76.2 Å². The molecule has 1 aromatic carbocycles. The molecule has 7 nitrogen and oxygen atoms in total. The van der Waals surface area contributed by atoms with Crippen LogP contribution in [0.4, 0.5) is 0 Å². The van der Waals surface area contributed by atoms with E-state index in [2.05, 4.69) is 79.3 Å². The zero-order valence-electron chi connectivity index (χ0n) is 22.7. The van der Waals surface area contributed by atoms with E-state index >= 15 is 0 Å². The molecule has 0 spiro atoms. The van der Waals surface area contributed by atoms with Crippen molar-refractivity contribution < 1.29 is 0 Å². The van der Waals surface area contributed by atoms with Crippen molar-refractivity contribution in [2.45, 2.75) is 32.7 Å². The van der Waals surface area contributed by atoms with E-state index in [1.54, 1.807) is 0 Å². The molecule has 0 saturated heterocycles. The molecule has 40 heavy (non-hydrogen) atoms. The molecule has 0 atom stereocenters. The maximum atomic E-state index is 5.75. The van der Waals surface area contributed by atoms with Crippen LogP contribution in [0.25, 0.3) is 11.1 Å². The van der Waals surface area contributed by atoms with Gasteiger partial charge in [0.2, 0.25) is 0 Å². The van der Waals surface area contributed by atoms with Crippen molar-refractivity contribution in [1.29, 1.82) is 0 Å². The lowest BCUT2D eigenvalue weighted by atomic mass is 10.1. The Bertz CT molecular complexity index is 1370. The van der Waals surface area contributed by atoms with E-state index in [-0.39, 0.29) is 0 Å². The molecule has 202 valence electrons. The van der Waals surface area contributed by atoms with Gasteiger partial charge in [0.05, 0.1) is 22.8 Å². The van der Waals surface area contributed by atoms with Crippen LogP contribution < -0.4 is 5.73 Å². The van der Waals surface area contributed by atoms with Crippen LogP contribution in [0.5, 0.6) is 0 Å². The molecule has 0 bridgehead atoms. The van der Waals surface area contributed by atoms with Crippen LogP contribution in [0, 0.1) is 0 Å². The fourth-order valence-corrected chi connectivity index (χ4v) is 4.62. The van der Waals surface area contributed by atoms with Gasteiger partial charge >= 0.3 is 0 Å². The number of pyridine rings is 4. The third kappa shape index (κ3) is 8.10. The van der Waals surface area contributed by atoms with Gasteiger partial charge < -0.3 is 5.73 Å². The van der Waals surface area contributed by atoms with E-state index < -0.39 is 0 Å². The summed E-state index contributed by atoms with van der Waals surface area (Å²) in [5.74, 6) is 0. The fourth-order valence-electron chi connectivity index (χ4n) is 4.62.